The number of nitrogens with one attached hydrogen (secondary N) is 1. The molecule has 2 rings (SSSR count). The van der Waals surface area contributed by atoms with E-state index in [1.165, 1.54) is 0 Å². The zero-order valence-corrected chi connectivity index (χ0v) is 14.4. The van der Waals surface area contributed by atoms with E-state index in [0.29, 0.717) is 6.42 Å². The van der Waals surface area contributed by atoms with E-state index in [0.717, 1.165) is 11.1 Å². The van der Waals surface area contributed by atoms with E-state index in [-0.39, 0.29) is 0 Å². The first-order valence-corrected chi connectivity index (χ1v) is 8.11. The van der Waals surface area contributed by atoms with Crippen LogP contribution in [0.15, 0.2) is 60.7 Å². The molecular weight excluding hydrogens is 302 g/mol. The smallest absolute Gasteiger partial charge is 0.407 e. The molecule has 0 radical (unpaired) electrons. The maximum Gasteiger partial charge on any atom is 0.407 e. The van der Waals surface area contributed by atoms with E-state index < -0.39 is 23.8 Å². The first-order chi connectivity index (χ1) is 11.3. The molecule has 0 saturated heterocycles. The number of amides is 1. The zero-order valence-electron chi connectivity index (χ0n) is 14.4. The largest absolute Gasteiger partial charge is 0.444 e. The molecular formula is C20H25NO3. The highest BCUT2D eigenvalue weighted by molar-refractivity contribution is 5.68. The van der Waals surface area contributed by atoms with Crippen molar-refractivity contribution in [3.63, 3.8) is 0 Å². The van der Waals surface area contributed by atoms with Gasteiger partial charge in [-0.2, -0.15) is 0 Å². The van der Waals surface area contributed by atoms with Crippen LogP contribution < -0.4 is 5.32 Å². The van der Waals surface area contributed by atoms with Crippen LogP contribution >= 0.6 is 0 Å². The monoisotopic (exact) mass is 327 g/mol. The van der Waals surface area contributed by atoms with Crippen LogP contribution in [-0.2, 0) is 11.2 Å². The number of benzene rings is 2. The number of aliphatic hydroxyl groups excluding tert-OH is 1. The summed E-state index contributed by atoms with van der Waals surface area (Å²) in [6.45, 7) is 5.44. The fourth-order valence-electron chi connectivity index (χ4n) is 2.45. The Labute approximate surface area is 143 Å². The Kier molecular flexibility index (Phi) is 5.99. The van der Waals surface area contributed by atoms with Gasteiger partial charge in [-0.25, -0.2) is 4.79 Å². The third kappa shape index (κ3) is 5.70. The van der Waals surface area contributed by atoms with Crippen molar-refractivity contribution in [2.75, 3.05) is 0 Å². The second-order valence-electron chi connectivity index (χ2n) is 6.80. The van der Waals surface area contributed by atoms with Crippen molar-refractivity contribution in [1.29, 1.82) is 0 Å². The number of hydrogen-bond acceptors (Lipinski definition) is 3. The molecule has 0 aromatic heterocycles. The van der Waals surface area contributed by atoms with E-state index in [1.54, 1.807) is 0 Å². The van der Waals surface area contributed by atoms with Crippen LogP contribution in [0.25, 0.3) is 0 Å². The minimum Gasteiger partial charge on any atom is -0.444 e. The Hall–Kier alpha value is -2.33. The zero-order chi connectivity index (χ0) is 17.6. The first kappa shape index (κ1) is 18.0. The number of hydrogen-bond donors (Lipinski definition) is 2. The topological polar surface area (TPSA) is 58.6 Å². The second-order valence-corrected chi connectivity index (χ2v) is 6.80. The molecule has 0 spiro atoms. The van der Waals surface area contributed by atoms with Crippen molar-refractivity contribution in [3.8, 4) is 0 Å². The van der Waals surface area contributed by atoms with Crippen molar-refractivity contribution >= 4 is 6.09 Å². The van der Waals surface area contributed by atoms with Crippen LogP contribution in [0.3, 0.4) is 0 Å². The average molecular weight is 327 g/mol. The maximum absolute atomic E-state index is 12.2. The molecule has 2 aromatic rings. The lowest BCUT2D eigenvalue weighted by molar-refractivity contribution is 0.0421. The molecule has 2 N–H and O–H groups in total. The summed E-state index contributed by atoms with van der Waals surface area (Å²) >= 11 is 0. The third-order valence-corrected chi connectivity index (χ3v) is 3.52. The molecule has 1 unspecified atom stereocenters. The molecule has 2 atom stereocenters. The van der Waals surface area contributed by atoms with E-state index in [4.69, 9.17) is 4.74 Å². The Morgan fingerprint density at radius 1 is 1.04 bits per heavy atom. The molecule has 2 aromatic carbocycles. The number of carbonyl (C=O) groups is 1. The summed E-state index contributed by atoms with van der Waals surface area (Å²) in [7, 11) is 0. The van der Waals surface area contributed by atoms with Gasteiger partial charge in [-0.1, -0.05) is 60.7 Å². The minimum absolute atomic E-state index is 0.482. The van der Waals surface area contributed by atoms with Gasteiger partial charge < -0.3 is 15.2 Å². The van der Waals surface area contributed by atoms with Gasteiger partial charge in [-0.05, 0) is 38.3 Å². The minimum atomic E-state index is -0.820. The molecule has 128 valence electrons. The van der Waals surface area contributed by atoms with Gasteiger partial charge in [0.15, 0.2) is 0 Å². The lowest BCUT2D eigenvalue weighted by atomic mass is 9.96. The number of alkyl carbamates (subject to hydrolysis) is 1. The van der Waals surface area contributed by atoms with Crippen LogP contribution in [0.1, 0.15) is 38.0 Å². The van der Waals surface area contributed by atoms with Gasteiger partial charge in [-0.3, -0.25) is 0 Å². The molecule has 1 amide bonds. The molecule has 0 bridgehead atoms. The van der Waals surface area contributed by atoms with Crippen molar-refractivity contribution < 1.29 is 14.6 Å². The highest BCUT2D eigenvalue weighted by Gasteiger charge is 2.25. The van der Waals surface area contributed by atoms with Crippen molar-refractivity contribution in [3.05, 3.63) is 71.8 Å². The highest BCUT2D eigenvalue weighted by Crippen LogP contribution is 2.20. The van der Waals surface area contributed by atoms with Gasteiger partial charge in [0.1, 0.15) is 5.60 Å². The van der Waals surface area contributed by atoms with Crippen LogP contribution in [-0.4, -0.2) is 22.8 Å². The highest BCUT2D eigenvalue weighted by atomic mass is 16.6. The lowest BCUT2D eigenvalue weighted by Crippen LogP contribution is -2.43. The summed E-state index contributed by atoms with van der Waals surface area (Å²) in [6.07, 6.45) is -0.840. The Balaban J connectivity index is 2.16. The maximum atomic E-state index is 12.2. The number of carbonyl (C=O) groups excluding carboxylic acids is 1. The van der Waals surface area contributed by atoms with Crippen LogP contribution in [0.5, 0.6) is 0 Å². The summed E-state index contributed by atoms with van der Waals surface area (Å²) in [5.41, 5.74) is 1.21. The number of ether oxygens (including phenoxy) is 1. The van der Waals surface area contributed by atoms with Crippen molar-refractivity contribution in [2.24, 2.45) is 0 Å². The fourth-order valence-corrected chi connectivity index (χ4v) is 2.45. The number of rotatable bonds is 5. The van der Waals surface area contributed by atoms with Gasteiger partial charge >= 0.3 is 6.09 Å². The summed E-state index contributed by atoms with van der Waals surface area (Å²) in [4.78, 5) is 12.2. The summed E-state index contributed by atoms with van der Waals surface area (Å²) in [5, 5.41) is 13.5. The van der Waals surface area contributed by atoms with Gasteiger partial charge in [0, 0.05) is 0 Å². The SMILES string of the molecule is CC(C)(C)OC(=O)N[C@@H](Cc1ccccc1)C(O)c1ccccc1. The molecule has 0 aliphatic heterocycles. The van der Waals surface area contributed by atoms with E-state index in [9.17, 15) is 9.90 Å². The van der Waals surface area contributed by atoms with Crippen molar-refractivity contribution in [1.82, 2.24) is 5.32 Å². The summed E-state index contributed by atoms with van der Waals surface area (Å²) in [6, 6.07) is 18.6. The fraction of sp³-hybridized carbons (Fsp3) is 0.350. The van der Waals surface area contributed by atoms with Crippen LogP contribution in [0.2, 0.25) is 0 Å². The molecule has 4 nitrogen and oxygen atoms in total. The van der Waals surface area contributed by atoms with E-state index >= 15 is 0 Å². The Bertz CT molecular complexity index is 635. The molecule has 0 fully saturated rings. The molecule has 0 aliphatic rings. The summed E-state index contributed by atoms with van der Waals surface area (Å²) < 4.78 is 5.33. The average Bonchev–Trinajstić information content (AvgIpc) is 2.53. The normalized spacial score (nSPS) is 13.8. The molecule has 0 saturated carbocycles. The standard InChI is InChI=1S/C20H25NO3/c1-20(2,3)24-19(23)21-17(14-15-10-6-4-7-11-15)18(22)16-12-8-5-9-13-16/h4-13,17-18,22H,14H2,1-3H3,(H,21,23)/t17-,18?/m0/s1. The second kappa shape index (κ2) is 7.97. The molecule has 0 aliphatic carbocycles. The van der Waals surface area contributed by atoms with Crippen LogP contribution in [0.4, 0.5) is 4.79 Å². The quantitative estimate of drug-likeness (QED) is 0.877. The Morgan fingerprint density at radius 3 is 2.12 bits per heavy atom. The van der Waals surface area contributed by atoms with Crippen LogP contribution in [0, 0.1) is 0 Å². The van der Waals surface area contributed by atoms with E-state index in [2.05, 4.69) is 5.32 Å². The summed E-state index contributed by atoms with van der Waals surface area (Å²) in [5.74, 6) is 0. The predicted octanol–water partition coefficient (Wildman–Crippen LogP) is 3.86. The molecule has 4 heteroatoms. The first-order valence-electron chi connectivity index (χ1n) is 8.11. The predicted molar refractivity (Wildman–Crippen MR) is 94.7 cm³/mol. The molecule has 24 heavy (non-hydrogen) atoms. The number of aliphatic hydroxyl groups is 1. The van der Waals surface area contributed by atoms with Gasteiger partial charge in [0.05, 0.1) is 12.1 Å². The van der Waals surface area contributed by atoms with Gasteiger partial charge in [-0.15, -0.1) is 0 Å². The van der Waals surface area contributed by atoms with Crippen molar-refractivity contribution in [2.45, 2.75) is 44.9 Å². The van der Waals surface area contributed by atoms with E-state index in [1.807, 2.05) is 81.4 Å². The Morgan fingerprint density at radius 2 is 1.58 bits per heavy atom. The third-order valence-electron chi connectivity index (χ3n) is 3.52. The van der Waals surface area contributed by atoms with Gasteiger partial charge in [0.25, 0.3) is 0 Å². The molecule has 0 heterocycles. The van der Waals surface area contributed by atoms with Gasteiger partial charge in [0.2, 0.25) is 0 Å². The lowest BCUT2D eigenvalue weighted by Gasteiger charge is -2.27.